The highest BCUT2D eigenvalue weighted by atomic mass is 15.2. The lowest BCUT2D eigenvalue weighted by molar-refractivity contribution is 0.198. The number of benzene rings is 1. The number of likely N-dealkylation sites (tertiary alicyclic amines) is 1. The second-order valence-corrected chi connectivity index (χ2v) is 6.57. The largest absolute Gasteiger partial charge is 0.326 e. The minimum absolute atomic E-state index is 0.328. The summed E-state index contributed by atoms with van der Waals surface area (Å²) in [5.74, 6) is 0. The highest BCUT2D eigenvalue weighted by molar-refractivity contribution is 5.38. The van der Waals surface area contributed by atoms with Gasteiger partial charge in [0, 0.05) is 25.2 Å². The van der Waals surface area contributed by atoms with Gasteiger partial charge in [-0.3, -0.25) is 4.90 Å². The molecule has 2 heteroatoms. The van der Waals surface area contributed by atoms with Gasteiger partial charge in [0.1, 0.15) is 0 Å². The van der Waals surface area contributed by atoms with Crippen LogP contribution < -0.4 is 5.73 Å². The van der Waals surface area contributed by atoms with E-state index in [1.54, 1.807) is 11.1 Å². The minimum Gasteiger partial charge on any atom is -0.326 e. The zero-order valence-electron chi connectivity index (χ0n) is 11.5. The predicted molar refractivity (Wildman–Crippen MR) is 75.6 cm³/mol. The number of fused-ring (bicyclic) bond motifs is 1. The van der Waals surface area contributed by atoms with Crippen molar-refractivity contribution < 1.29 is 0 Å². The van der Waals surface area contributed by atoms with Crippen LogP contribution in [0, 0.1) is 0 Å². The lowest BCUT2D eigenvalue weighted by Crippen LogP contribution is -2.36. The molecule has 0 aromatic heterocycles. The van der Waals surface area contributed by atoms with E-state index < -0.39 is 0 Å². The third kappa shape index (κ3) is 1.98. The maximum atomic E-state index is 6.06. The van der Waals surface area contributed by atoms with Gasteiger partial charge in [0.05, 0.1) is 0 Å². The van der Waals surface area contributed by atoms with Gasteiger partial charge < -0.3 is 5.73 Å². The number of nitrogens with two attached hydrogens (primary N) is 1. The van der Waals surface area contributed by atoms with E-state index in [1.165, 1.54) is 19.4 Å². The molecule has 2 aliphatic rings. The Morgan fingerprint density at radius 2 is 2.00 bits per heavy atom. The summed E-state index contributed by atoms with van der Waals surface area (Å²) >= 11 is 0. The normalized spacial score (nSPS) is 31.3. The molecule has 0 amide bonds. The molecular formula is C16H24N2. The van der Waals surface area contributed by atoms with Crippen molar-refractivity contribution in [2.75, 3.05) is 13.1 Å². The first-order valence-electron chi connectivity index (χ1n) is 7.17. The van der Waals surface area contributed by atoms with Gasteiger partial charge in [-0.2, -0.15) is 0 Å². The van der Waals surface area contributed by atoms with Crippen LogP contribution in [0.15, 0.2) is 24.3 Å². The van der Waals surface area contributed by atoms with E-state index in [9.17, 15) is 0 Å². The van der Waals surface area contributed by atoms with E-state index >= 15 is 0 Å². The fourth-order valence-corrected chi connectivity index (χ4v) is 3.67. The smallest absolute Gasteiger partial charge is 0.0352 e. The zero-order valence-corrected chi connectivity index (χ0v) is 11.5. The molecule has 1 heterocycles. The molecule has 0 spiro atoms. The average molecular weight is 244 g/mol. The monoisotopic (exact) mass is 244 g/mol. The molecule has 1 saturated heterocycles. The number of nitrogens with zero attached hydrogens (tertiary/aromatic N) is 1. The first-order chi connectivity index (χ1) is 8.58. The van der Waals surface area contributed by atoms with E-state index in [0.717, 1.165) is 13.0 Å². The maximum Gasteiger partial charge on any atom is 0.0352 e. The second-order valence-electron chi connectivity index (χ2n) is 6.57. The molecular weight excluding hydrogens is 220 g/mol. The molecule has 2 unspecified atom stereocenters. The van der Waals surface area contributed by atoms with Crippen LogP contribution in [0.25, 0.3) is 0 Å². The van der Waals surface area contributed by atoms with Gasteiger partial charge in [0.2, 0.25) is 0 Å². The Labute approximate surface area is 110 Å². The van der Waals surface area contributed by atoms with E-state index in [1.807, 2.05) is 0 Å². The van der Waals surface area contributed by atoms with Crippen LogP contribution in [-0.4, -0.2) is 24.0 Å². The first-order valence-corrected chi connectivity index (χ1v) is 7.17. The number of hydrogen-bond acceptors (Lipinski definition) is 2. The molecule has 0 saturated carbocycles. The molecule has 2 nitrogen and oxygen atoms in total. The van der Waals surface area contributed by atoms with E-state index in [-0.39, 0.29) is 0 Å². The highest BCUT2D eigenvalue weighted by Crippen LogP contribution is 2.44. The second kappa shape index (κ2) is 4.36. The summed E-state index contributed by atoms with van der Waals surface area (Å²) in [6.07, 6.45) is 3.71. The van der Waals surface area contributed by atoms with Gasteiger partial charge >= 0.3 is 0 Å². The predicted octanol–water partition coefficient (Wildman–Crippen LogP) is 2.83. The molecule has 1 aliphatic carbocycles. The molecule has 1 aromatic carbocycles. The Balaban J connectivity index is 1.95. The summed E-state index contributed by atoms with van der Waals surface area (Å²) in [5, 5.41) is 0. The van der Waals surface area contributed by atoms with Crippen LogP contribution in [0.4, 0.5) is 0 Å². The number of hydrogen-bond donors (Lipinski definition) is 1. The molecule has 1 aliphatic heterocycles. The van der Waals surface area contributed by atoms with E-state index in [2.05, 4.69) is 43.0 Å². The van der Waals surface area contributed by atoms with Crippen molar-refractivity contribution in [3.8, 4) is 0 Å². The fourth-order valence-electron chi connectivity index (χ4n) is 3.67. The van der Waals surface area contributed by atoms with Crippen LogP contribution in [-0.2, 0) is 5.41 Å². The topological polar surface area (TPSA) is 29.3 Å². The summed E-state index contributed by atoms with van der Waals surface area (Å²) in [7, 11) is 0. The van der Waals surface area contributed by atoms with Crippen LogP contribution in [0.2, 0.25) is 0 Å². The Morgan fingerprint density at radius 3 is 2.72 bits per heavy atom. The molecule has 1 aromatic rings. The lowest BCUT2D eigenvalue weighted by atomic mass is 9.71. The summed E-state index contributed by atoms with van der Waals surface area (Å²) < 4.78 is 0. The van der Waals surface area contributed by atoms with Crippen molar-refractivity contribution in [1.29, 1.82) is 0 Å². The molecule has 0 bridgehead atoms. The first kappa shape index (κ1) is 12.2. The summed E-state index contributed by atoms with van der Waals surface area (Å²) in [5.41, 5.74) is 9.48. The van der Waals surface area contributed by atoms with Crippen molar-refractivity contribution in [3.05, 3.63) is 35.4 Å². The fraction of sp³-hybridized carbons (Fsp3) is 0.625. The van der Waals surface area contributed by atoms with Crippen LogP contribution in [0.5, 0.6) is 0 Å². The van der Waals surface area contributed by atoms with Crippen LogP contribution in [0.3, 0.4) is 0 Å². The number of rotatable bonds is 1. The molecule has 3 rings (SSSR count). The Hall–Kier alpha value is -0.860. The average Bonchev–Trinajstić information content (AvgIpc) is 2.76. The molecule has 18 heavy (non-hydrogen) atoms. The van der Waals surface area contributed by atoms with Crippen LogP contribution in [0.1, 0.15) is 50.3 Å². The Morgan fingerprint density at radius 1 is 1.22 bits per heavy atom. The third-order valence-electron chi connectivity index (χ3n) is 4.79. The van der Waals surface area contributed by atoms with Gasteiger partial charge in [0.25, 0.3) is 0 Å². The molecule has 0 radical (unpaired) electrons. The molecule has 2 N–H and O–H groups in total. The quantitative estimate of drug-likeness (QED) is 0.823. The minimum atomic E-state index is 0.328. The van der Waals surface area contributed by atoms with Gasteiger partial charge in [-0.1, -0.05) is 38.1 Å². The van der Waals surface area contributed by atoms with Gasteiger partial charge in [-0.05, 0) is 35.8 Å². The van der Waals surface area contributed by atoms with Crippen molar-refractivity contribution in [2.45, 2.75) is 50.6 Å². The van der Waals surface area contributed by atoms with Crippen LogP contribution >= 0.6 is 0 Å². The SMILES string of the molecule is CC1(C)CCC(N2CCC(N)C2)c2ccccc21. The van der Waals surface area contributed by atoms with Crippen molar-refractivity contribution in [3.63, 3.8) is 0 Å². The summed E-state index contributed by atoms with van der Waals surface area (Å²) in [6, 6.07) is 9.99. The van der Waals surface area contributed by atoms with Crippen molar-refractivity contribution >= 4 is 0 Å². The van der Waals surface area contributed by atoms with Gasteiger partial charge in [-0.25, -0.2) is 0 Å². The van der Waals surface area contributed by atoms with Crippen molar-refractivity contribution in [2.24, 2.45) is 5.73 Å². The Kier molecular flexibility index (Phi) is 2.95. The molecule has 98 valence electrons. The van der Waals surface area contributed by atoms with Crippen molar-refractivity contribution in [1.82, 2.24) is 4.90 Å². The summed E-state index contributed by atoms with van der Waals surface area (Å²) in [4.78, 5) is 2.60. The Bertz CT molecular complexity index is 438. The third-order valence-corrected chi connectivity index (χ3v) is 4.79. The zero-order chi connectivity index (χ0) is 12.8. The standard InChI is InChI=1S/C16H24N2/c1-16(2)9-7-15(18-10-8-12(17)11-18)13-5-3-4-6-14(13)16/h3-6,12,15H,7-11,17H2,1-2H3. The maximum absolute atomic E-state index is 6.06. The van der Waals surface area contributed by atoms with Gasteiger partial charge in [0.15, 0.2) is 0 Å². The molecule has 1 fully saturated rings. The molecule has 2 atom stereocenters. The lowest BCUT2D eigenvalue weighted by Gasteiger charge is -2.40. The summed E-state index contributed by atoms with van der Waals surface area (Å²) in [6.45, 7) is 6.98. The van der Waals surface area contributed by atoms with E-state index in [4.69, 9.17) is 5.73 Å². The van der Waals surface area contributed by atoms with E-state index in [0.29, 0.717) is 17.5 Å². The highest BCUT2D eigenvalue weighted by Gasteiger charge is 2.36. The van der Waals surface area contributed by atoms with Gasteiger partial charge in [-0.15, -0.1) is 0 Å².